The molecule has 0 aliphatic heterocycles. The van der Waals surface area contributed by atoms with Crippen LogP contribution in [0.2, 0.25) is 0 Å². The van der Waals surface area contributed by atoms with Gasteiger partial charge in [-0.15, -0.1) is 10.2 Å². The van der Waals surface area contributed by atoms with Gasteiger partial charge in [0.1, 0.15) is 0 Å². The summed E-state index contributed by atoms with van der Waals surface area (Å²) in [7, 11) is 1.62. The van der Waals surface area contributed by atoms with Crippen LogP contribution in [0.4, 0.5) is 0 Å². The number of benzene rings is 2. The molecular formula is C24H22N4O4. The van der Waals surface area contributed by atoms with Crippen LogP contribution < -0.4 is 5.56 Å². The van der Waals surface area contributed by atoms with E-state index in [4.69, 9.17) is 4.74 Å². The number of para-hydroxylation sites is 1. The minimum atomic E-state index is -0.481. The molecule has 162 valence electrons. The average molecular weight is 430 g/mol. The van der Waals surface area contributed by atoms with E-state index in [0.717, 1.165) is 19.3 Å². The number of rotatable bonds is 6. The Labute approximate surface area is 183 Å². The Morgan fingerprint density at radius 2 is 1.84 bits per heavy atom. The number of nitrogens with zero attached hydrogens (tertiary/aromatic N) is 4. The highest BCUT2D eigenvalue weighted by Gasteiger charge is 2.18. The number of carbonyl (C=O) groups excluding carboxylic acids is 2. The molecule has 4 aromatic rings. The molecule has 8 heteroatoms. The van der Waals surface area contributed by atoms with E-state index in [1.54, 1.807) is 29.6 Å². The number of aromatic nitrogens is 4. The van der Waals surface area contributed by atoms with E-state index >= 15 is 0 Å². The Bertz CT molecular complexity index is 1430. The average Bonchev–Trinajstić information content (AvgIpc) is 3.46. The largest absolute Gasteiger partial charge is 0.457 e. The van der Waals surface area contributed by atoms with Crippen molar-refractivity contribution in [3.8, 4) is 0 Å². The SMILES string of the molecule is Cn1c(=O)c2ccccc2n2c(COC(=O)CCC(=O)c3ccc4c(c3)CCC4)nnc12. The van der Waals surface area contributed by atoms with Crippen molar-refractivity contribution in [2.75, 3.05) is 0 Å². The van der Waals surface area contributed by atoms with E-state index in [0.29, 0.717) is 28.1 Å². The zero-order chi connectivity index (χ0) is 22.2. The number of ether oxygens (including phenoxy) is 1. The van der Waals surface area contributed by atoms with Crippen molar-refractivity contribution in [2.45, 2.75) is 38.7 Å². The van der Waals surface area contributed by atoms with Crippen molar-refractivity contribution in [3.05, 3.63) is 75.3 Å². The Balaban J connectivity index is 1.27. The second-order valence-corrected chi connectivity index (χ2v) is 8.05. The van der Waals surface area contributed by atoms with Gasteiger partial charge in [0, 0.05) is 19.0 Å². The number of hydrogen-bond donors (Lipinski definition) is 0. The molecule has 32 heavy (non-hydrogen) atoms. The maximum absolute atomic E-state index is 12.5. The number of ketones is 1. The molecule has 0 saturated carbocycles. The topological polar surface area (TPSA) is 95.6 Å². The molecule has 2 heterocycles. The van der Waals surface area contributed by atoms with Gasteiger partial charge in [-0.25, -0.2) is 0 Å². The summed E-state index contributed by atoms with van der Waals surface area (Å²) in [6.45, 7) is -0.102. The van der Waals surface area contributed by atoms with Crippen molar-refractivity contribution in [1.82, 2.24) is 19.2 Å². The fourth-order valence-corrected chi connectivity index (χ4v) is 4.31. The smallest absolute Gasteiger partial charge is 0.306 e. The number of fused-ring (bicyclic) bond motifs is 4. The maximum Gasteiger partial charge on any atom is 0.306 e. The lowest BCUT2D eigenvalue weighted by Gasteiger charge is -2.08. The van der Waals surface area contributed by atoms with E-state index in [2.05, 4.69) is 10.2 Å². The van der Waals surface area contributed by atoms with Gasteiger partial charge in [0.05, 0.1) is 17.3 Å². The summed E-state index contributed by atoms with van der Waals surface area (Å²) in [6, 6.07) is 13.0. The summed E-state index contributed by atoms with van der Waals surface area (Å²) in [5.74, 6) is 0.229. The van der Waals surface area contributed by atoms with Gasteiger partial charge in [0.25, 0.3) is 5.56 Å². The molecular weight excluding hydrogens is 408 g/mol. The summed E-state index contributed by atoms with van der Waals surface area (Å²) >= 11 is 0. The van der Waals surface area contributed by atoms with Crippen molar-refractivity contribution >= 4 is 28.4 Å². The molecule has 1 aliphatic rings. The van der Waals surface area contributed by atoms with Gasteiger partial charge in [0.15, 0.2) is 18.2 Å². The number of aryl methyl sites for hydroxylation is 3. The standard InChI is InChI=1S/C24H22N4O4/c1-27-23(31)18-7-2-3-8-19(18)28-21(25-26-24(27)28)14-32-22(30)12-11-20(29)17-10-9-15-5-4-6-16(15)13-17/h2-3,7-10,13H,4-6,11-12,14H2,1H3. The monoisotopic (exact) mass is 430 g/mol. The molecule has 0 spiro atoms. The fourth-order valence-electron chi connectivity index (χ4n) is 4.31. The molecule has 0 N–H and O–H groups in total. The minimum absolute atomic E-state index is 0.00805. The van der Waals surface area contributed by atoms with Crippen LogP contribution >= 0.6 is 0 Å². The Kier molecular flexibility index (Phi) is 5.05. The van der Waals surface area contributed by atoms with Gasteiger partial charge in [-0.1, -0.05) is 24.3 Å². The van der Waals surface area contributed by atoms with Gasteiger partial charge < -0.3 is 4.74 Å². The lowest BCUT2D eigenvalue weighted by Crippen LogP contribution is -2.20. The van der Waals surface area contributed by atoms with Gasteiger partial charge in [-0.3, -0.25) is 23.4 Å². The summed E-state index contributed by atoms with van der Waals surface area (Å²) in [4.78, 5) is 37.3. The lowest BCUT2D eigenvalue weighted by atomic mass is 10.0. The highest BCUT2D eigenvalue weighted by Crippen LogP contribution is 2.23. The molecule has 0 amide bonds. The third kappa shape index (κ3) is 3.47. The summed E-state index contributed by atoms with van der Waals surface area (Å²) in [5.41, 5.74) is 3.67. The molecule has 0 radical (unpaired) electrons. The molecule has 0 unspecified atom stereocenters. The van der Waals surface area contributed by atoms with Gasteiger partial charge >= 0.3 is 5.97 Å². The maximum atomic E-state index is 12.5. The predicted molar refractivity (Wildman–Crippen MR) is 118 cm³/mol. The first-order valence-electron chi connectivity index (χ1n) is 10.7. The number of carbonyl (C=O) groups is 2. The zero-order valence-corrected chi connectivity index (χ0v) is 17.7. The van der Waals surface area contributed by atoms with Crippen LogP contribution in [-0.2, 0) is 36.0 Å². The number of hydrogen-bond acceptors (Lipinski definition) is 6. The molecule has 0 atom stereocenters. The predicted octanol–water partition coefficient (Wildman–Crippen LogP) is 2.78. The summed E-state index contributed by atoms with van der Waals surface area (Å²) in [5, 5.41) is 8.71. The van der Waals surface area contributed by atoms with Crippen LogP contribution in [0.15, 0.2) is 47.3 Å². The first-order chi connectivity index (χ1) is 15.5. The summed E-state index contributed by atoms with van der Waals surface area (Å²) in [6.07, 6.45) is 3.28. The van der Waals surface area contributed by atoms with E-state index in [1.165, 1.54) is 15.7 Å². The molecule has 0 saturated heterocycles. The van der Waals surface area contributed by atoms with Crippen LogP contribution in [0.5, 0.6) is 0 Å². The first kappa shape index (κ1) is 20.1. The molecule has 2 aromatic carbocycles. The van der Waals surface area contributed by atoms with Crippen LogP contribution in [0.3, 0.4) is 0 Å². The van der Waals surface area contributed by atoms with E-state index in [1.807, 2.05) is 24.3 Å². The Hall–Kier alpha value is -3.81. The summed E-state index contributed by atoms with van der Waals surface area (Å²) < 4.78 is 8.49. The molecule has 5 rings (SSSR count). The highest BCUT2D eigenvalue weighted by molar-refractivity contribution is 5.97. The fraction of sp³-hybridized carbons (Fsp3) is 0.292. The first-order valence-corrected chi connectivity index (χ1v) is 10.7. The van der Waals surface area contributed by atoms with Crippen LogP contribution in [0.25, 0.3) is 16.7 Å². The van der Waals surface area contributed by atoms with Gasteiger partial charge in [-0.05, 0) is 48.6 Å². The molecule has 0 bridgehead atoms. The second-order valence-electron chi connectivity index (χ2n) is 8.05. The van der Waals surface area contributed by atoms with E-state index < -0.39 is 5.97 Å². The minimum Gasteiger partial charge on any atom is -0.457 e. The van der Waals surface area contributed by atoms with Crippen molar-refractivity contribution in [1.29, 1.82) is 0 Å². The molecule has 8 nitrogen and oxygen atoms in total. The van der Waals surface area contributed by atoms with E-state index in [9.17, 15) is 14.4 Å². The zero-order valence-electron chi connectivity index (χ0n) is 17.7. The van der Waals surface area contributed by atoms with E-state index in [-0.39, 0.29) is 30.8 Å². The van der Waals surface area contributed by atoms with Crippen LogP contribution in [-0.4, -0.2) is 30.9 Å². The molecule has 1 aliphatic carbocycles. The van der Waals surface area contributed by atoms with Crippen molar-refractivity contribution in [2.24, 2.45) is 7.05 Å². The molecule has 2 aromatic heterocycles. The molecule has 0 fully saturated rings. The van der Waals surface area contributed by atoms with Gasteiger partial charge in [-0.2, -0.15) is 0 Å². The van der Waals surface area contributed by atoms with Crippen molar-refractivity contribution in [3.63, 3.8) is 0 Å². The van der Waals surface area contributed by atoms with Crippen LogP contribution in [0, 0.1) is 0 Å². The quantitative estimate of drug-likeness (QED) is 0.345. The van der Waals surface area contributed by atoms with Crippen LogP contribution in [0.1, 0.15) is 46.6 Å². The second kappa shape index (κ2) is 8.03. The van der Waals surface area contributed by atoms with Gasteiger partial charge in [0.2, 0.25) is 5.78 Å². The Morgan fingerprint density at radius 1 is 1.03 bits per heavy atom. The highest BCUT2D eigenvalue weighted by atomic mass is 16.5. The number of Topliss-reactive ketones (excluding diaryl/α,β-unsaturated/α-hetero) is 1. The number of esters is 1. The Morgan fingerprint density at radius 3 is 2.72 bits per heavy atom. The normalized spacial score (nSPS) is 12.9. The lowest BCUT2D eigenvalue weighted by molar-refractivity contribution is -0.145. The van der Waals surface area contributed by atoms with Crippen molar-refractivity contribution < 1.29 is 14.3 Å². The third-order valence-electron chi connectivity index (χ3n) is 6.03. The third-order valence-corrected chi connectivity index (χ3v) is 6.03.